The molecule has 1 atom stereocenters. The summed E-state index contributed by atoms with van der Waals surface area (Å²) < 4.78 is 0.770. The smallest absolute Gasteiger partial charge is 0.227 e. The van der Waals surface area contributed by atoms with Crippen molar-refractivity contribution >= 4 is 27.5 Å². The van der Waals surface area contributed by atoms with Crippen molar-refractivity contribution in [2.24, 2.45) is 5.92 Å². The summed E-state index contributed by atoms with van der Waals surface area (Å²) in [5.41, 5.74) is 0.753. The maximum Gasteiger partial charge on any atom is 0.227 e. The van der Waals surface area contributed by atoms with Gasteiger partial charge in [0.1, 0.15) is 4.60 Å². The molecular formula is C12H13BrN2O. The van der Waals surface area contributed by atoms with Crippen LogP contribution in [0.1, 0.15) is 19.3 Å². The summed E-state index contributed by atoms with van der Waals surface area (Å²) in [6.45, 7) is 0. The molecule has 0 fully saturated rings. The van der Waals surface area contributed by atoms with Crippen molar-refractivity contribution in [3.8, 4) is 0 Å². The van der Waals surface area contributed by atoms with Crippen LogP contribution in [0.2, 0.25) is 0 Å². The van der Waals surface area contributed by atoms with Gasteiger partial charge in [-0.05, 0) is 47.3 Å². The quantitative estimate of drug-likeness (QED) is 0.668. The fourth-order valence-corrected chi connectivity index (χ4v) is 1.96. The van der Waals surface area contributed by atoms with E-state index in [4.69, 9.17) is 0 Å². The Morgan fingerprint density at radius 1 is 1.44 bits per heavy atom. The SMILES string of the molecule is O=C(Nc1ccc(Br)nc1)C1CC=CCC1. The minimum absolute atomic E-state index is 0.0912. The third-order valence-corrected chi connectivity index (χ3v) is 3.10. The van der Waals surface area contributed by atoms with E-state index in [2.05, 4.69) is 38.4 Å². The number of pyridine rings is 1. The van der Waals surface area contributed by atoms with Crippen LogP contribution in [0.5, 0.6) is 0 Å². The lowest BCUT2D eigenvalue weighted by Gasteiger charge is -2.16. The van der Waals surface area contributed by atoms with Crippen molar-refractivity contribution in [2.75, 3.05) is 5.32 Å². The number of allylic oxidation sites excluding steroid dienone is 2. The summed E-state index contributed by atoms with van der Waals surface area (Å²) in [6.07, 6.45) is 8.64. The van der Waals surface area contributed by atoms with Gasteiger partial charge in [-0.1, -0.05) is 12.2 Å². The standard InChI is InChI=1S/C12H13BrN2O/c13-11-7-6-10(8-14-11)15-12(16)9-4-2-1-3-5-9/h1-2,6-9H,3-5H2,(H,15,16). The average Bonchev–Trinajstić information content (AvgIpc) is 2.33. The van der Waals surface area contributed by atoms with E-state index in [0.29, 0.717) is 0 Å². The number of anilines is 1. The molecule has 1 heterocycles. The summed E-state index contributed by atoms with van der Waals surface area (Å²) in [4.78, 5) is 15.9. The van der Waals surface area contributed by atoms with Crippen molar-refractivity contribution in [3.05, 3.63) is 35.1 Å². The molecule has 3 nitrogen and oxygen atoms in total. The van der Waals surface area contributed by atoms with Gasteiger partial charge in [0.25, 0.3) is 0 Å². The first kappa shape index (κ1) is 11.3. The van der Waals surface area contributed by atoms with Crippen LogP contribution in [-0.4, -0.2) is 10.9 Å². The summed E-state index contributed by atoms with van der Waals surface area (Å²) in [7, 11) is 0. The molecule has 2 rings (SSSR count). The number of nitrogens with zero attached hydrogens (tertiary/aromatic N) is 1. The summed E-state index contributed by atoms with van der Waals surface area (Å²) in [5, 5.41) is 2.88. The molecule has 1 aromatic heterocycles. The molecule has 4 heteroatoms. The highest BCUT2D eigenvalue weighted by atomic mass is 79.9. The highest BCUT2D eigenvalue weighted by Gasteiger charge is 2.18. The van der Waals surface area contributed by atoms with Gasteiger partial charge in [-0.15, -0.1) is 0 Å². The largest absolute Gasteiger partial charge is 0.324 e. The molecular weight excluding hydrogens is 268 g/mol. The fraction of sp³-hybridized carbons (Fsp3) is 0.333. The minimum atomic E-state index is 0.0912. The van der Waals surface area contributed by atoms with Crippen molar-refractivity contribution in [3.63, 3.8) is 0 Å². The third kappa shape index (κ3) is 2.92. The Morgan fingerprint density at radius 2 is 2.31 bits per heavy atom. The minimum Gasteiger partial charge on any atom is -0.324 e. The van der Waals surface area contributed by atoms with Crippen LogP contribution in [0, 0.1) is 5.92 Å². The van der Waals surface area contributed by atoms with Crippen LogP contribution >= 0.6 is 15.9 Å². The molecule has 0 aliphatic heterocycles. The maximum atomic E-state index is 11.9. The van der Waals surface area contributed by atoms with Gasteiger partial charge in [0.05, 0.1) is 11.9 Å². The molecule has 0 bridgehead atoms. The Hall–Kier alpha value is -1.16. The molecule has 1 aromatic rings. The first-order valence-corrected chi connectivity index (χ1v) is 6.12. The number of rotatable bonds is 2. The normalized spacial score (nSPS) is 19.4. The zero-order valence-corrected chi connectivity index (χ0v) is 10.4. The van der Waals surface area contributed by atoms with E-state index in [-0.39, 0.29) is 11.8 Å². The Balaban J connectivity index is 1.96. The number of hydrogen-bond acceptors (Lipinski definition) is 2. The van der Waals surface area contributed by atoms with Gasteiger partial charge in [-0.3, -0.25) is 4.79 Å². The Morgan fingerprint density at radius 3 is 2.94 bits per heavy atom. The van der Waals surface area contributed by atoms with Crippen LogP contribution in [0.15, 0.2) is 35.1 Å². The zero-order chi connectivity index (χ0) is 11.4. The van der Waals surface area contributed by atoms with Crippen molar-refractivity contribution in [1.29, 1.82) is 0 Å². The molecule has 1 N–H and O–H groups in total. The van der Waals surface area contributed by atoms with Crippen molar-refractivity contribution < 1.29 is 4.79 Å². The number of hydrogen-bond donors (Lipinski definition) is 1. The second-order valence-electron chi connectivity index (χ2n) is 3.84. The van der Waals surface area contributed by atoms with E-state index in [1.165, 1.54) is 0 Å². The van der Waals surface area contributed by atoms with E-state index in [1.807, 2.05) is 12.1 Å². The van der Waals surface area contributed by atoms with E-state index in [0.717, 1.165) is 29.6 Å². The van der Waals surface area contributed by atoms with Gasteiger partial charge < -0.3 is 5.32 Å². The van der Waals surface area contributed by atoms with Gasteiger partial charge >= 0.3 is 0 Å². The molecule has 0 spiro atoms. The molecule has 1 amide bonds. The number of carbonyl (C=O) groups excluding carboxylic acids is 1. The number of nitrogens with one attached hydrogen (secondary N) is 1. The van der Waals surface area contributed by atoms with E-state index < -0.39 is 0 Å². The Kier molecular flexibility index (Phi) is 3.72. The maximum absolute atomic E-state index is 11.9. The highest BCUT2D eigenvalue weighted by molar-refractivity contribution is 9.10. The Labute approximate surface area is 103 Å². The molecule has 0 radical (unpaired) electrons. The summed E-state index contributed by atoms with van der Waals surface area (Å²) in [5.74, 6) is 0.196. The lowest BCUT2D eigenvalue weighted by atomic mass is 9.93. The fourth-order valence-electron chi connectivity index (χ4n) is 1.73. The summed E-state index contributed by atoms with van der Waals surface area (Å²) in [6, 6.07) is 3.66. The predicted octanol–water partition coefficient (Wildman–Crippen LogP) is 3.14. The van der Waals surface area contributed by atoms with Gasteiger partial charge in [0.15, 0.2) is 0 Å². The molecule has 84 valence electrons. The van der Waals surface area contributed by atoms with Gasteiger partial charge in [0.2, 0.25) is 5.91 Å². The second kappa shape index (κ2) is 5.25. The third-order valence-electron chi connectivity index (χ3n) is 2.63. The van der Waals surface area contributed by atoms with E-state index in [9.17, 15) is 4.79 Å². The molecule has 0 saturated carbocycles. The lowest BCUT2D eigenvalue weighted by molar-refractivity contribution is -0.120. The van der Waals surface area contributed by atoms with Crippen molar-refractivity contribution in [1.82, 2.24) is 4.98 Å². The molecule has 16 heavy (non-hydrogen) atoms. The zero-order valence-electron chi connectivity index (χ0n) is 8.82. The van der Waals surface area contributed by atoms with E-state index >= 15 is 0 Å². The molecule has 0 aromatic carbocycles. The van der Waals surface area contributed by atoms with Gasteiger partial charge in [-0.2, -0.15) is 0 Å². The topological polar surface area (TPSA) is 42.0 Å². The van der Waals surface area contributed by atoms with Crippen LogP contribution in [0.4, 0.5) is 5.69 Å². The first-order chi connectivity index (χ1) is 7.75. The monoisotopic (exact) mass is 280 g/mol. The van der Waals surface area contributed by atoms with Crippen LogP contribution < -0.4 is 5.32 Å². The van der Waals surface area contributed by atoms with Crippen LogP contribution in [-0.2, 0) is 4.79 Å². The average molecular weight is 281 g/mol. The summed E-state index contributed by atoms with van der Waals surface area (Å²) >= 11 is 3.26. The van der Waals surface area contributed by atoms with Gasteiger partial charge in [0, 0.05) is 5.92 Å². The number of halogens is 1. The molecule has 0 saturated heterocycles. The van der Waals surface area contributed by atoms with Crippen molar-refractivity contribution in [2.45, 2.75) is 19.3 Å². The lowest BCUT2D eigenvalue weighted by Crippen LogP contribution is -2.23. The van der Waals surface area contributed by atoms with Crippen LogP contribution in [0.25, 0.3) is 0 Å². The van der Waals surface area contributed by atoms with E-state index in [1.54, 1.807) is 6.20 Å². The molecule has 1 aliphatic carbocycles. The molecule has 1 aliphatic rings. The Bertz CT molecular complexity index is 400. The molecule has 1 unspecified atom stereocenters. The van der Waals surface area contributed by atoms with Gasteiger partial charge in [-0.25, -0.2) is 4.98 Å². The second-order valence-corrected chi connectivity index (χ2v) is 4.65. The number of carbonyl (C=O) groups is 1. The number of amides is 1. The first-order valence-electron chi connectivity index (χ1n) is 5.33. The predicted molar refractivity (Wildman–Crippen MR) is 67.0 cm³/mol. The number of aromatic nitrogens is 1. The highest BCUT2D eigenvalue weighted by Crippen LogP contribution is 2.20. The van der Waals surface area contributed by atoms with Crippen LogP contribution in [0.3, 0.4) is 0 Å².